The maximum Gasteiger partial charge on any atom is 0.339 e. The van der Waals surface area contributed by atoms with Crippen LogP contribution in [-0.4, -0.2) is 46.9 Å². The van der Waals surface area contributed by atoms with Crippen LogP contribution in [0.4, 0.5) is 0 Å². The lowest BCUT2D eigenvalue weighted by molar-refractivity contribution is 0.0599. The molecule has 1 amide bonds. The summed E-state index contributed by atoms with van der Waals surface area (Å²) in [5.41, 5.74) is 3.84. The molecule has 0 radical (unpaired) electrons. The molecule has 3 aromatic rings. The van der Waals surface area contributed by atoms with Crippen molar-refractivity contribution in [1.29, 1.82) is 0 Å². The smallest absolute Gasteiger partial charge is 0.339 e. The molecule has 4 rings (SSSR count). The molecule has 1 saturated heterocycles. The molecule has 0 spiro atoms. The molecule has 1 aliphatic heterocycles. The highest BCUT2D eigenvalue weighted by Crippen LogP contribution is 2.31. The Morgan fingerprint density at radius 2 is 1.93 bits per heavy atom. The summed E-state index contributed by atoms with van der Waals surface area (Å²) in [4.78, 5) is 34.4. The van der Waals surface area contributed by atoms with Crippen molar-refractivity contribution < 1.29 is 18.7 Å². The van der Waals surface area contributed by atoms with E-state index in [-0.39, 0.29) is 11.8 Å². The van der Waals surface area contributed by atoms with E-state index in [1.165, 1.54) is 7.11 Å². The maximum atomic E-state index is 13.0. The zero-order chi connectivity index (χ0) is 19.8. The van der Waals surface area contributed by atoms with Gasteiger partial charge in [-0.25, -0.2) is 9.78 Å². The number of methoxy groups -OCH3 is 1. The molecule has 7 heteroatoms. The summed E-state index contributed by atoms with van der Waals surface area (Å²) in [5, 5.41) is 0. The van der Waals surface area contributed by atoms with E-state index in [0.29, 0.717) is 35.6 Å². The number of piperidine rings is 1. The Hall–Kier alpha value is -3.09. The number of oxazole rings is 1. The first-order chi connectivity index (χ1) is 13.5. The fourth-order valence-electron chi connectivity index (χ4n) is 3.92. The number of hydrogen-bond acceptors (Lipinski definition) is 5. The molecule has 1 N–H and O–H groups in total. The number of nitrogens with one attached hydrogen (secondary N) is 1. The third-order valence-corrected chi connectivity index (χ3v) is 5.48. The molecule has 1 aliphatic rings. The van der Waals surface area contributed by atoms with Crippen molar-refractivity contribution in [3.8, 4) is 0 Å². The van der Waals surface area contributed by atoms with E-state index >= 15 is 0 Å². The molecule has 0 atom stereocenters. The molecule has 2 aromatic heterocycles. The topological polar surface area (TPSA) is 88.4 Å². The van der Waals surface area contributed by atoms with Gasteiger partial charge in [-0.15, -0.1) is 0 Å². The van der Waals surface area contributed by atoms with Crippen LogP contribution >= 0.6 is 0 Å². The summed E-state index contributed by atoms with van der Waals surface area (Å²) in [6.45, 7) is 4.78. The summed E-state index contributed by atoms with van der Waals surface area (Å²) < 4.78 is 10.7. The van der Waals surface area contributed by atoms with Crippen molar-refractivity contribution in [1.82, 2.24) is 14.9 Å². The second-order valence-electron chi connectivity index (χ2n) is 7.20. The largest absolute Gasteiger partial charge is 0.465 e. The number of fused-ring (bicyclic) bond motifs is 1. The molecule has 0 aliphatic carbocycles. The van der Waals surface area contributed by atoms with Crippen molar-refractivity contribution in [2.75, 3.05) is 20.2 Å². The minimum Gasteiger partial charge on any atom is -0.465 e. The van der Waals surface area contributed by atoms with Crippen LogP contribution in [0.2, 0.25) is 0 Å². The van der Waals surface area contributed by atoms with E-state index in [4.69, 9.17) is 9.15 Å². The Morgan fingerprint density at radius 3 is 2.61 bits per heavy atom. The standard InChI is InChI=1S/C21H23N3O4/c1-12-17(21(26)27-3)13(2)22-18(12)20(25)24-10-8-14(9-11-24)19-23-15-6-4-5-7-16(15)28-19/h4-7,14,22H,8-11H2,1-3H3. The number of esters is 1. The molecule has 7 nitrogen and oxygen atoms in total. The highest BCUT2D eigenvalue weighted by molar-refractivity contribution is 6.00. The van der Waals surface area contributed by atoms with Gasteiger partial charge in [0.1, 0.15) is 11.2 Å². The maximum absolute atomic E-state index is 13.0. The zero-order valence-electron chi connectivity index (χ0n) is 16.2. The average Bonchev–Trinajstić information content (AvgIpc) is 3.27. The Bertz CT molecular complexity index is 1010. The number of aromatic amines is 1. The lowest BCUT2D eigenvalue weighted by atomic mass is 9.96. The van der Waals surface area contributed by atoms with Crippen molar-refractivity contribution in [2.45, 2.75) is 32.6 Å². The van der Waals surface area contributed by atoms with Gasteiger partial charge in [0.15, 0.2) is 11.5 Å². The lowest BCUT2D eigenvalue weighted by Crippen LogP contribution is -2.38. The molecule has 1 fully saturated rings. The van der Waals surface area contributed by atoms with Gasteiger partial charge in [-0.05, 0) is 44.4 Å². The van der Waals surface area contributed by atoms with Gasteiger partial charge in [0, 0.05) is 24.7 Å². The van der Waals surface area contributed by atoms with Crippen molar-refractivity contribution in [3.63, 3.8) is 0 Å². The minimum absolute atomic E-state index is 0.0910. The van der Waals surface area contributed by atoms with Gasteiger partial charge >= 0.3 is 5.97 Å². The van der Waals surface area contributed by atoms with Crippen molar-refractivity contribution in [3.05, 3.63) is 52.7 Å². The highest BCUT2D eigenvalue weighted by atomic mass is 16.5. The number of H-pyrrole nitrogens is 1. The Kier molecular flexibility index (Phi) is 4.66. The van der Waals surface area contributed by atoms with Gasteiger partial charge in [-0.2, -0.15) is 0 Å². The molecule has 146 valence electrons. The van der Waals surface area contributed by atoms with Crippen LogP contribution in [0.3, 0.4) is 0 Å². The predicted octanol–water partition coefficient (Wildman–Crippen LogP) is 3.58. The van der Waals surface area contributed by atoms with Crippen LogP contribution in [0.15, 0.2) is 28.7 Å². The number of carbonyl (C=O) groups is 2. The number of likely N-dealkylation sites (tertiary alicyclic amines) is 1. The van der Waals surface area contributed by atoms with Gasteiger partial charge in [-0.3, -0.25) is 4.79 Å². The van der Waals surface area contributed by atoms with Gasteiger partial charge in [0.05, 0.1) is 12.7 Å². The summed E-state index contributed by atoms with van der Waals surface area (Å²) in [7, 11) is 1.34. The number of rotatable bonds is 3. The van der Waals surface area contributed by atoms with E-state index in [1.54, 1.807) is 13.8 Å². The third-order valence-electron chi connectivity index (χ3n) is 5.48. The van der Waals surface area contributed by atoms with Crippen LogP contribution in [0.5, 0.6) is 0 Å². The molecular formula is C21H23N3O4. The SMILES string of the molecule is COC(=O)c1c(C)[nH]c(C(=O)N2CCC(c3nc4ccccc4o3)CC2)c1C. The summed E-state index contributed by atoms with van der Waals surface area (Å²) in [6, 6.07) is 7.73. The normalized spacial score (nSPS) is 15.2. The Balaban J connectivity index is 1.48. The van der Waals surface area contributed by atoms with Crippen LogP contribution in [0.25, 0.3) is 11.1 Å². The van der Waals surface area contributed by atoms with E-state index in [0.717, 1.165) is 29.8 Å². The third kappa shape index (κ3) is 3.06. The van der Waals surface area contributed by atoms with E-state index in [1.807, 2.05) is 29.2 Å². The van der Waals surface area contributed by atoms with E-state index in [9.17, 15) is 9.59 Å². The van der Waals surface area contributed by atoms with Crippen molar-refractivity contribution in [2.24, 2.45) is 0 Å². The number of benzene rings is 1. The van der Waals surface area contributed by atoms with E-state index < -0.39 is 5.97 Å². The second-order valence-corrected chi connectivity index (χ2v) is 7.20. The monoisotopic (exact) mass is 381 g/mol. The number of para-hydroxylation sites is 2. The Labute approximate surface area is 162 Å². The van der Waals surface area contributed by atoms with Crippen LogP contribution in [0.1, 0.15) is 56.8 Å². The fraction of sp³-hybridized carbons (Fsp3) is 0.381. The molecular weight excluding hydrogens is 358 g/mol. The number of hydrogen-bond donors (Lipinski definition) is 1. The predicted molar refractivity (Wildman–Crippen MR) is 103 cm³/mol. The van der Waals surface area contributed by atoms with Crippen molar-refractivity contribution >= 4 is 23.0 Å². The van der Waals surface area contributed by atoms with E-state index in [2.05, 4.69) is 9.97 Å². The lowest BCUT2D eigenvalue weighted by Gasteiger charge is -2.30. The fourth-order valence-corrected chi connectivity index (χ4v) is 3.92. The highest BCUT2D eigenvalue weighted by Gasteiger charge is 2.30. The average molecular weight is 381 g/mol. The Morgan fingerprint density at radius 1 is 1.21 bits per heavy atom. The quantitative estimate of drug-likeness (QED) is 0.701. The first-order valence-electron chi connectivity index (χ1n) is 9.41. The first-order valence-corrected chi connectivity index (χ1v) is 9.41. The summed E-state index contributed by atoms with van der Waals surface area (Å²) >= 11 is 0. The number of ether oxygens (including phenoxy) is 1. The molecule has 0 saturated carbocycles. The molecule has 1 aromatic carbocycles. The molecule has 28 heavy (non-hydrogen) atoms. The number of carbonyl (C=O) groups excluding carboxylic acids is 2. The zero-order valence-corrected chi connectivity index (χ0v) is 16.2. The number of aryl methyl sites for hydroxylation is 1. The van der Waals surface area contributed by atoms with Crippen LogP contribution in [-0.2, 0) is 4.74 Å². The number of aromatic nitrogens is 2. The van der Waals surface area contributed by atoms with Gasteiger partial charge in [0.2, 0.25) is 0 Å². The number of nitrogens with zero attached hydrogens (tertiary/aromatic N) is 2. The first kappa shape index (κ1) is 18.3. The summed E-state index contributed by atoms with van der Waals surface area (Å²) in [5.74, 6) is 0.425. The molecule has 0 bridgehead atoms. The molecule has 0 unspecified atom stereocenters. The minimum atomic E-state index is -0.431. The van der Waals surface area contributed by atoms with Gasteiger partial charge < -0.3 is 19.0 Å². The summed E-state index contributed by atoms with van der Waals surface area (Å²) in [6.07, 6.45) is 1.59. The van der Waals surface area contributed by atoms with Gasteiger partial charge in [0.25, 0.3) is 5.91 Å². The van der Waals surface area contributed by atoms with Crippen LogP contribution in [0, 0.1) is 13.8 Å². The van der Waals surface area contributed by atoms with Gasteiger partial charge in [-0.1, -0.05) is 12.1 Å². The number of amides is 1. The molecule has 3 heterocycles. The van der Waals surface area contributed by atoms with Crippen LogP contribution < -0.4 is 0 Å². The second kappa shape index (κ2) is 7.14.